The molecule has 1 fully saturated rings. The predicted molar refractivity (Wildman–Crippen MR) is 109 cm³/mol. The molecule has 152 valence electrons. The Labute approximate surface area is 174 Å². The van der Waals surface area contributed by atoms with Crippen LogP contribution in [0.5, 0.6) is 11.5 Å². The van der Waals surface area contributed by atoms with Crippen LogP contribution >= 0.6 is 0 Å². The quantitative estimate of drug-likeness (QED) is 0.574. The van der Waals surface area contributed by atoms with E-state index in [-0.39, 0.29) is 6.23 Å². The van der Waals surface area contributed by atoms with Gasteiger partial charge in [-0.25, -0.2) is 9.48 Å². The molecule has 2 heterocycles. The molecule has 2 aromatic carbocycles. The molecular formula is C23H21N3O4. The number of esters is 1. The molecule has 7 nitrogen and oxygen atoms in total. The highest BCUT2D eigenvalue weighted by atomic mass is 16.5. The zero-order valence-electron chi connectivity index (χ0n) is 16.6. The highest BCUT2D eigenvalue weighted by Gasteiger charge is 2.22. The van der Waals surface area contributed by atoms with Gasteiger partial charge in [0, 0.05) is 12.2 Å². The minimum absolute atomic E-state index is 0.153. The Morgan fingerprint density at radius 3 is 2.77 bits per heavy atom. The third-order valence-corrected chi connectivity index (χ3v) is 4.92. The standard InChI is InChI=1S/C23H21N3O4/c1-28-23(27)18-6-4-5-17(13-18)22-20(30-19-10-8-16(14-24)9-11-19)15-26(25-22)21-7-2-3-12-29-21/h4-6,8-11,13,15,21H,2-3,7,12H2,1H3/t21-/m1/s1. The summed E-state index contributed by atoms with van der Waals surface area (Å²) in [5, 5.41) is 13.7. The number of nitriles is 1. The van der Waals surface area contributed by atoms with Gasteiger partial charge in [-0.3, -0.25) is 0 Å². The third-order valence-electron chi connectivity index (χ3n) is 4.92. The number of carbonyl (C=O) groups excluding carboxylic acids is 1. The monoisotopic (exact) mass is 403 g/mol. The van der Waals surface area contributed by atoms with Gasteiger partial charge in [-0.2, -0.15) is 10.4 Å². The van der Waals surface area contributed by atoms with E-state index in [2.05, 4.69) is 6.07 Å². The van der Waals surface area contributed by atoms with Crippen molar-refractivity contribution in [3.05, 3.63) is 65.9 Å². The van der Waals surface area contributed by atoms with Crippen LogP contribution in [-0.2, 0) is 9.47 Å². The van der Waals surface area contributed by atoms with E-state index in [0.29, 0.717) is 34.9 Å². The van der Waals surface area contributed by atoms with E-state index in [0.717, 1.165) is 24.8 Å². The molecule has 1 aromatic heterocycles. The second-order valence-electron chi connectivity index (χ2n) is 6.95. The molecule has 1 aliphatic heterocycles. The predicted octanol–water partition coefficient (Wildman–Crippen LogP) is 4.70. The summed E-state index contributed by atoms with van der Waals surface area (Å²) in [5.74, 6) is 0.709. The number of hydrogen-bond acceptors (Lipinski definition) is 6. The number of benzene rings is 2. The van der Waals surface area contributed by atoms with E-state index in [4.69, 9.17) is 24.6 Å². The van der Waals surface area contributed by atoms with Gasteiger partial charge in [-0.15, -0.1) is 0 Å². The fraction of sp³-hybridized carbons (Fsp3) is 0.261. The Kier molecular flexibility index (Phi) is 5.77. The van der Waals surface area contributed by atoms with Gasteiger partial charge in [0.05, 0.1) is 30.5 Å². The van der Waals surface area contributed by atoms with Crippen molar-refractivity contribution in [3.63, 3.8) is 0 Å². The highest BCUT2D eigenvalue weighted by Crippen LogP contribution is 2.35. The van der Waals surface area contributed by atoms with Crippen molar-refractivity contribution in [1.29, 1.82) is 5.26 Å². The Morgan fingerprint density at radius 1 is 1.23 bits per heavy atom. The molecule has 1 saturated heterocycles. The van der Waals surface area contributed by atoms with Crippen molar-refractivity contribution in [2.45, 2.75) is 25.5 Å². The minimum atomic E-state index is -0.415. The van der Waals surface area contributed by atoms with E-state index < -0.39 is 5.97 Å². The van der Waals surface area contributed by atoms with Crippen LogP contribution in [0.4, 0.5) is 0 Å². The van der Waals surface area contributed by atoms with Crippen molar-refractivity contribution in [1.82, 2.24) is 9.78 Å². The second kappa shape index (κ2) is 8.80. The van der Waals surface area contributed by atoms with Gasteiger partial charge in [0.25, 0.3) is 0 Å². The summed E-state index contributed by atoms with van der Waals surface area (Å²) in [7, 11) is 1.35. The molecule has 0 aliphatic carbocycles. The lowest BCUT2D eigenvalue weighted by Crippen LogP contribution is -2.18. The molecule has 0 spiro atoms. The minimum Gasteiger partial charge on any atom is -0.465 e. The summed E-state index contributed by atoms with van der Waals surface area (Å²) >= 11 is 0. The maximum Gasteiger partial charge on any atom is 0.337 e. The molecule has 0 amide bonds. The summed E-state index contributed by atoms with van der Waals surface area (Å²) in [4.78, 5) is 12.0. The number of ether oxygens (including phenoxy) is 3. The molecule has 1 aliphatic rings. The zero-order valence-corrected chi connectivity index (χ0v) is 16.6. The molecule has 1 atom stereocenters. The van der Waals surface area contributed by atoms with Crippen LogP contribution < -0.4 is 4.74 Å². The molecule has 0 N–H and O–H groups in total. The lowest BCUT2D eigenvalue weighted by molar-refractivity contribution is -0.0394. The van der Waals surface area contributed by atoms with Crippen molar-refractivity contribution >= 4 is 5.97 Å². The fourth-order valence-electron chi connectivity index (χ4n) is 3.37. The first-order chi connectivity index (χ1) is 14.7. The normalized spacial score (nSPS) is 15.9. The third kappa shape index (κ3) is 4.19. The molecule has 0 saturated carbocycles. The van der Waals surface area contributed by atoms with Crippen molar-refractivity contribution in [2.75, 3.05) is 13.7 Å². The lowest BCUT2D eigenvalue weighted by atomic mass is 10.1. The Bertz CT molecular complexity index is 1080. The lowest BCUT2D eigenvalue weighted by Gasteiger charge is -2.22. The Morgan fingerprint density at radius 2 is 2.07 bits per heavy atom. The number of hydrogen-bond donors (Lipinski definition) is 0. The van der Waals surface area contributed by atoms with Crippen LogP contribution in [0.2, 0.25) is 0 Å². The van der Waals surface area contributed by atoms with Gasteiger partial charge >= 0.3 is 5.97 Å². The Hall–Kier alpha value is -3.63. The fourth-order valence-corrected chi connectivity index (χ4v) is 3.37. The molecule has 0 unspecified atom stereocenters. The smallest absolute Gasteiger partial charge is 0.337 e. The first kappa shape index (κ1) is 19.7. The SMILES string of the molecule is COC(=O)c1cccc(-c2nn([C@H]3CCCCO3)cc2Oc2ccc(C#N)cc2)c1. The molecule has 3 aromatic rings. The second-order valence-corrected chi connectivity index (χ2v) is 6.95. The number of nitrogens with zero attached hydrogens (tertiary/aromatic N) is 3. The maximum absolute atomic E-state index is 12.0. The topological polar surface area (TPSA) is 86.4 Å². The molecule has 0 radical (unpaired) electrons. The van der Waals surface area contributed by atoms with E-state index in [1.165, 1.54) is 7.11 Å². The van der Waals surface area contributed by atoms with Crippen molar-refractivity contribution in [3.8, 4) is 28.8 Å². The van der Waals surface area contributed by atoms with Crippen molar-refractivity contribution in [2.24, 2.45) is 0 Å². The van der Waals surface area contributed by atoms with Gasteiger partial charge in [0.2, 0.25) is 0 Å². The van der Waals surface area contributed by atoms with Crippen LogP contribution in [0.15, 0.2) is 54.7 Å². The molecule has 4 rings (SSSR count). The van der Waals surface area contributed by atoms with Gasteiger partial charge in [0.1, 0.15) is 17.7 Å². The van der Waals surface area contributed by atoms with Gasteiger partial charge in [-0.1, -0.05) is 12.1 Å². The first-order valence-corrected chi connectivity index (χ1v) is 9.75. The summed E-state index contributed by atoms with van der Waals surface area (Å²) in [6.45, 7) is 0.698. The van der Waals surface area contributed by atoms with E-state index in [1.807, 2.05) is 12.3 Å². The number of rotatable bonds is 5. The van der Waals surface area contributed by atoms with Gasteiger partial charge < -0.3 is 14.2 Å². The van der Waals surface area contributed by atoms with Crippen molar-refractivity contribution < 1.29 is 19.0 Å². The number of carbonyl (C=O) groups is 1. The average Bonchev–Trinajstić information content (AvgIpc) is 3.23. The van der Waals surface area contributed by atoms with Crippen LogP contribution in [0.1, 0.15) is 41.4 Å². The molecule has 0 bridgehead atoms. The Balaban J connectivity index is 1.72. The largest absolute Gasteiger partial charge is 0.465 e. The maximum atomic E-state index is 12.0. The summed E-state index contributed by atoms with van der Waals surface area (Å²) in [5.41, 5.74) is 2.32. The summed E-state index contributed by atoms with van der Waals surface area (Å²) < 4.78 is 18.6. The first-order valence-electron chi connectivity index (χ1n) is 9.75. The van der Waals surface area contributed by atoms with Crippen LogP contribution in [0, 0.1) is 11.3 Å². The highest BCUT2D eigenvalue weighted by molar-refractivity contribution is 5.91. The number of methoxy groups -OCH3 is 1. The summed E-state index contributed by atoms with van der Waals surface area (Å²) in [6.07, 6.45) is 4.65. The summed E-state index contributed by atoms with van der Waals surface area (Å²) in [6, 6.07) is 16.0. The molecule has 30 heavy (non-hydrogen) atoms. The van der Waals surface area contributed by atoms with Gasteiger partial charge in [0.15, 0.2) is 5.75 Å². The molecule has 7 heteroatoms. The van der Waals surface area contributed by atoms with Crippen LogP contribution in [-0.4, -0.2) is 29.5 Å². The average molecular weight is 403 g/mol. The zero-order chi connectivity index (χ0) is 20.9. The number of aromatic nitrogens is 2. The van der Waals surface area contributed by atoms with E-state index in [9.17, 15) is 4.79 Å². The molecular weight excluding hydrogens is 382 g/mol. The van der Waals surface area contributed by atoms with Crippen LogP contribution in [0.3, 0.4) is 0 Å². The van der Waals surface area contributed by atoms with E-state index >= 15 is 0 Å². The van der Waals surface area contributed by atoms with E-state index in [1.54, 1.807) is 47.1 Å². The van der Waals surface area contributed by atoms with Gasteiger partial charge in [-0.05, 0) is 55.7 Å². The van der Waals surface area contributed by atoms with Crippen LogP contribution in [0.25, 0.3) is 11.3 Å².